The van der Waals surface area contributed by atoms with Gasteiger partial charge in [0.2, 0.25) is 0 Å². The maximum absolute atomic E-state index is 12.1. The highest BCUT2D eigenvalue weighted by molar-refractivity contribution is 8.18. The number of thioether (sulfide) groups is 1. The van der Waals surface area contributed by atoms with Crippen molar-refractivity contribution in [2.24, 2.45) is 4.99 Å². The fourth-order valence-electron chi connectivity index (χ4n) is 2.50. The van der Waals surface area contributed by atoms with E-state index in [1.165, 1.54) is 31.0 Å². The predicted octanol–water partition coefficient (Wildman–Crippen LogP) is 3.15. The van der Waals surface area contributed by atoms with E-state index in [1.54, 1.807) is 7.11 Å². The molecule has 1 aromatic rings. The summed E-state index contributed by atoms with van der Waals surface area (Å²) in [6.07, 6.45) is 5.52. The van der Waals surface area contributed by atoms with Crippen molar-refractivity contribution in [3.05, 3.63) is 34.7 Å². The van der Waals surface area contributed by atoms with Crippen molar-refractivity contribution in [2.45, 2.75) is 19.3 Å². The minimum atomic E-state index is -0.136. The number of amidine groups is 1. The second kappa shape index (κ2) is 6.35. The number of carbonyl (C=O) groups excluding carboxylic acids is 1. The summed E-state index contributed by atoms with van der Waals surface area (Å²) in [5, 5.41) is 0.855. The standard InChI is InChI=1S/C16H18N2O2S/c1-20-13-7-5-6-12(10-13)11-14-15(19)17-16(21-14)18-8-3-2-4-9-18/h5-7,10-11H,2-4,8-9H2,1H3/b14-11-. The van der Waals surface area contributed by atoms with E-state index in [2.05, 4.69) is 9.89 Å². The molecule has 0 aromatic heterocycles. The van der Waals surface area contributed by atoms with Crippen molar-refractivity contribution in [3.8, 4) is 5.75 Å². The highest BCUT2D eigenvalue weighted by atomic mass is 32.2. The van der Waals surface area contributed by atoms with Crippen LogP contribution >= 0.6 is 11.8 Å². The first-order valence-corrected chi connectivity index (χ1v) is 7.99. The highest BCUT2D eigenvalue weighted by Crippen LogP contribution is 2.31. The monoisotopic (exact) mass is 302 g/mol. The molecular formula is C16H18N2O2S. The van der Waals surface area contributed by atoms with Crippen LogP contribution in [0.2, 0.25) is 0 Å². The average molecular weight is 302 g/mol. The van der Waals surface area contributed by atoms with E-state index in [0.29, 0.717) is 4.91 Å². The van der Waals surface area contributed by atoms with Crippen LogP contribution in [0.4, 0.5) is 0 Å². The van der Waals surface area contributed by atoms with Crippen molar-refractivity contribution in [1.82, 2.24) is 4.90 Å². The Morgan fingerprint density at radius 1 is 1.29 bits per heavy atom. The lowest BCUT2D eigenvalue weighted by Crippen LogP contribution is -2.33. The van der Waals surface area contributed by atoms with Crippen LogP contribution in [0.5, 0.6) is 5.75 Å². The topological polar surface area (TPSA) is 41.9 Å². The summed E-state index contributed by atoms with van der Waals surface area (Å²) in [5.74, 6) is 0.653. The third kappa shape index (κ3) is 3.29. The minimum Gasteiger partial charge on any atom is -0.497 e. The third-order valence-corrected chi connectivity index (χ3v) is 4.67. The molecule has 5 heteroatoms. The van der Waals surface area contributed by atoms with Gasteiger partial charge in [-0.1, -0.05) is 12.1 Å². The van der Waals surface area contributed by atoms with Gasteiger partial charge in [-0.3, -0.25) is 4.79 Å². The molecule has 1 aromatic carbocycles. The lowest BCUT2D eigenvalue weighted by molar-refractivity contribution is -0.113. The summed E-state index contributed by atoms with van der Waals surface area (Å²) in [4.78, 5) is 19.2. The molecule has 110 valence electrons. The molecule has 1 saturated heterocycles. The molecule has 0 atom stereocenters. The Labute approximate surface area is 128 Å². The van der Waals surface area contributed by atoms with E-state index >= 15 is 0 Å². The van der Waals surface area contributed by atoms with Crippen LogP contribution in [0.1, 0.15) is 24.8 Å². The number of carbonyl (C=O) groups is 1. The molecule has 2 aliphatic heterocycles. The third-order valence-electron chi connectivity index (χ3n) is 3.63. The number of hydrogen-bond acceptors (Lipinski definition) is 4. The van der Waals surface area contributed by atoms with Crippen LogP contribution in [0, 0.1) is 0 Å². The lowest BCUT2D eigenvalue weighted by Gasteiger charge is -2.27. The smallest absolute Gasteiger partial charge is 0.286 e. The molecular weight excluding hydrogens is 284 g/mol. The number of methoxy groups -OCH3 is 1. The molecule has 0 N–H and O–H groups in total. The summed E-state index contributed by atoms with van der Waals surface area (Å²) >= 11 is 1.48. The Bertz CT molecular complexity index is 604. The fourth-order valence-corrected chi connectivity index (χ4v) is 3.47. The van der Waals surface area contributed by atoms with Crippen molar-refractivity contribution < 1.29 is 9.53 Å². The SMILES string of the molecule is COc1cccc(/C=C2\SC(N3CCCCC3)=NC2=O)c1. The van der Waals surface area contributed by atoms with Crippen molar-refractivity contribution >= 4 is 28.9 Å². The number of amides is 1. The second-order valence-corrected chi connectivity index (χ2v) is 6.14. The summed E-state index contributed by atoms with van der Waals surface area (Å²) in [5.41, 5.74) is 0.959. The zero-order valence-corrected chi connectivity index (χ0v) is 12.9. The second-order valence-electron chi connectivity index (χ2n) is 5.13. The van der Waals surface area contributed by atoms with Crippen LogP contribution in [-0.2, 0) is 4.79 Å². The van der Waals surface area contributed by atoms with Crippen LogP contribution in [0.3, 0.4) is 0 Å². The number of aliphatic imine (C=N–C) groups is 1. The molecule has 0 radical (unpaired) electrons. The number of ether oxygens (including phenoxy) is 1. The first kappa shape index (κ1) is 14.2. The number of nitrogens with zero attached hydrogens (tertiary/aromatic N) is 2. The van der Waals surface area contributed by atoms with E-state index in [0.717, 1.165) is 29.6 Å². The van der Waals surface area contributed by atoms with Crippen molar-refractivity contribution in [3.63, 3.8) is 0 Å². The Morgan fingerprint density at radius 3 is 2.86 bits per heavy atom. The quantitative estimate of drug-likeness (QED) is 0.787. The van der Waals surface area contributed by atoms with Gasteiger partial charge >= 0.3 is 0 Å². The Balaban J connectivity index is 1.75. The predicted molar refractivity (Wildman–Crippen MR) is 86.4 cm³/mol. The van der Waals surface area contributed by atoms with Gasteiger partial charge in [0, 0.05) is 13.1 Å². The van der Waals surface area contributed by atoms with Gasteiger partial charge in [-0.2, -0.15) is 4.99 Å². The number of hydrogen-bond donors (Lipinski definition) is 0. The van der Waals surface area contributed by atoms with Gasteiger partial charge in [-0.25, -0.2) is 0 Å². The summed E-state index contributed by atoms with van der Waals surface area (Å²) < 4.78 is 5.20. The van der Waals surface area contributed by atoms with Crippen molar-refractivity contribution in [2.75, 3.05) is 20.2 Å². The van der Waals surface area contributed by atoms with Crippen LogP contribution in [0.25, 0.3) is 6.08 Å². The van der Waals surface area contributed by atoms with Crippen LogP contribution in [0.15, 0.2) is 34.2 Å². The first-order valence-electron chi connectivity index (χ1n) is 7.18. The molecule has 2 aliphatic rings. The fraction of sp³-hybridized carbons (Fsp3) is 0.375. The zero-order chi connectivity index (χ0) is 14.7. The van der Waals surface area contributed by atoms with Crippen LogP contribution in [-0.4, -0.2) is 36.2 Å². The van der Waals surface area contributed by atoms with Crippen molar-refractivity contribution in [1.29, 1.82) is 0 Å². The van der Waals surface area contributed by atoms with E-state index in [-0.39, 0.29) is 5.91 Å². The van der Waals surface area contributed by atoms with Gasteiger partial charge in [0.25, 0.3) is 5.91 Å². The number of piperidine rings is 1. The van der Waals surface area contributed by atoms with E-state index in [9.17, 15) is 4.79 Å². The summed E-state index contributed by atoms with van der Waals surface area (Å²) in [7, 11) is 1.64. The molecule has 0 aliphatic carbocycles. The largest absolute Gasteiger partial charge is 0.497 e. The van der Waals surface area contributed by atoms with Gasteiger partial charge in [-0.15, -0.1) is 0 Å². The molecule has 1 amide bonds. The Kier molecular flexibility index (Phi) is 4.29. The van der Waals surface area contributed by atoms with Crippen LogP contribution < -0.4 is 4.74 Å². The number of benzene rings is 1. The summed E-state index contributed by atoms with van der Waals surface area (Å²) in [6, 6.07) is 7.69. The molecule has 0 spiro atoms. The van der Waals surface area contributed by atoms with Gasteiger partial charge in [0.1, 0.15) is 5.75 Å². The molecule has 0 unspecified atom stereocenters. The molecule has 1 fully saturated rings. The van der Waals surface area contributed by atoms with E-state index < -0.39 is 0 Å². The maximum atomic E-state index is 12.1. The highest BCUT2D eigenvalue weighted by Gasteiger charge is 2.26. The number of likely N-dealkylation sites (tertiary alicyclic amines) is 1. The lowest BCUT2D eigenvalue weighted by atomic mass is 10.1. The Morgan fingerprint density at radius 2 is 2.10 bits per heavy atom. The van der Waals surface area contributed by atoms with Gasteiger partial charge in [0.05, 0.1) is 12.0 Å². The maximum Gasteiger partial charge on any atom is 0.286 e. The molecule has 21 heavy (non-hydrogen) atoms. The average Bonchev–Trinajstić information content (AvgIpc) is 2.89. The molecule has 3 rings (SSSR count). The Hall–Kier alpha value is -1.75. The minimum absolute atomic E-state index is 0.136. The van der Waals surface area contributed by atoms with Gasteiger partial charge in [0.15, 0.2) is 5.17 Å². The van der Waals surface area contributed by atoms with Gasteiger partial charge < -0.3 is 9.64 Å². The molecule has 0 bridgehead atoms. The normalized spacial score (nSPS) is 20.8. The molecule has 4 nitrogen and oxygen atoms in total. The van der Waals surface area contributed by atoms with E-state index in [4.69, 9.17) is 4.74 Å². The zero-order valence-electron chi connectivity index (χ0n) is 12.0. The molecule has 0 saturated carbocycles. The van der Waals surface area contributed by atoms with E-state index in [1.807, 2.05) is 30.3 Å². The first-order chi connectivity index (χ1) is 10.3. The summed E-state index contributed by atoms with van der Waals surface area (Å²) in [6.45, 7) is 2.01. The van der Waals surface area contributed by atoms with Gasteiger partial charge in [-0.05, 0) is 54.8 Å². The number of rotatable bonds is 2. The molecule has 2 heterocycles.